The van der Waals surface area contributed by atoms with E-state index >= 15 is 0 Å². The van der Waals surface area contributed by atoms with Crippen molar-refractivity contribution in [2.24, 2.45) is 0 Å². The molecule has 0 aliphatic rings. The highest BCUT2D eigenvalue weighted by molar-refractivity contribution is 5.87. The van der Waals surface area contributed by atoms with Crippen molar-refractivity contribution in [3.63, 3.8) is 0 Å². The summed E-state index contributed by atoms with van der Waals surface area (Å²) in [7, 11) is 1.42. The van der Waals surface area contributed by atoms with Crippen LogP contribution in [-0.4, -0.2) is 23.2 Å². The number of rotatable bonds is 3. The molecular formula is C12H10FNO4. The lowest BCUT2D eigenvalue weighted by Crippen LogP contribution is -1.98. The summed E-state index contributed by atoms with van der Waals surface area (Å²) >= 11 is 0. The summed E-state index contributed by atoms with van der Waals surface area (Å²) in [4.78, 5) is 14.7. The van der Waals surface area contributed by atoms with Crippen molar-refractivity contribution in [2.75, 3.05) is 7.11 Å². The van der Waals surface area contributed by atoms with Gasteiger partial charge in [0.1, 0.15) is 17.3 Å². The number of hydrogen-bond donors (Lipinski definition) is 1. The number of carboxylic acid groups (broad SMARTS) is 1. The van der Waals surface area contributed by atoms with Gasteiger partial charge in [-0.15, -0.1) is 0 Å². The first kappa shape index (κ1) is 12.1. The molecule has 1 aromatic carbocycles. The van der Waals surface area contributed by atoms with E-state index in [-0.39, 0.29) is 22.9 Å². The lowest BCUT2D eigenvalue weighted by atomic mass is 10.2. The second-order valence-corrected chi connectivity index (χ2v) is 3.57. The summed E-state index contributed by atoms with van der Waals surface area (Å²) in [5.41, 5.74) is 0.0735. The van der Waals surface area contributed by atoms with E-state index in [1.165, 1.54) is 32.2 Å². The van der Waals surface area contributed by atoms with Crippen LogP contribution in [0.2, 0.25) is 0 Å². The first-order valence-corrected chi connectivity index (χ1v) is 5.07. The van der Waals surface area contributed by atoms with E-state index in [0.29, 0.717) is 5.75 Å². The molecule has 5 nitrogen and oxygen atoms in total. The van der Waals surface area contributed by atoms with Gasteiger partial charge in [-0.25, -0.2) is 14.2 Å². The fourth-order valence-corrected chi connectivity index (χ4v) is 1.56. The SMILES string of the molecule is COc1ccc(F)cc1-c1nc(C(=O)O)c(C)o1. The predicted octanol–water partition coefficient (Wildman–Crippen LogP) is 2.50. The van der Waals surface area contributed by atoms with Gasteiger partial charge in [-0.1, -0.05) is 0 Å². The fourth-order valence-electron chi connectivity index (χ4n) is 1.56. The van der Waals surface area contributed by atoms with E-state index in [1.54, 1.807) is 0 Å². The van der Waals surface area contributed by atoms with E-state index in [2.05, 4.69) is 4.98 Å². The highest BCUT2D eigenvalue weighted by Crippen LogP contribution is 2.31. The third kappa shape index (κ3) is 2.04. The van der Waals surface area contributed by atoms with Gasteiger partial charge in [0.2, 0.25) is 5.89 Å². The smallest absolute Gasteiger partial charge is 0.358 e. The minimum atomic E-state index is -1.20. The lowest BCUT2D eigenvalue weighted by molar-refractivity contribution is 0.0689. The Bertz CT molecular complexity index is 606. The van der Waals surface area contributed by atoms with Gasteiger partial charge in [0.05, 0.1) is 12.7 Å². The fraction of sp³-hybridized carbons (Fsp3) is 0.167. The summed E-state index contributed by atoms with van der Waals surface area (Å²) in [5.74, 6) is -1.16. The maximum Gasteiger partial charge on any atom is 0.358 e. The molecule has 0 unspecified atom stereocenters. The molecule has 1 N–H and O–H groups in total. The van der Waals surface area contributed by atoms with Crippen LogP contribution in [0.15, 0.2) is 22.6 Å². The van der Waals surface area contributed by atoms with Gasteiger partial charge in [0.15, 0.2) is 5.69 Å². The first-order chi connectivity index (χ1) is 8.52. The van der Waals surface area contributed by atoms with Gasteiger partial charge < -0.3 is 14.3 Å². The van der Waals surface area contributed by atoms with Crippen LogP contribution in [-0.2, 0) is 0 Å². The molecule has 0 atom stereocenters. The number of aromatic carboxylic acids is 1. The maximum atomic E-state index is 13.2. The molecule has 0 radical (unpaired) electrons. The molecule has 1 aromatic heterocycles. The van der Waals surface area contributed by atoms with Crippen molar-refractivity contribution in [2.45, 2.75) is 6.92 Å². The molecule has 2 rings (SSSR count). The number of aromatic nitrogens is 1. The minimum Gasteiger partial charge on any atom is -0.496 e. The Kier molecular flexibility index (Phi) is 3.01. The molecule has 0 saturated heterocycles. The van der Waals surface area contributed by atoms with Crippen LogP contribution in [0.25, 0.3) is 11.5 Å². The summed E-state index contributed by atoms with van der Waals surface area (Å²) < 4.78 is 23.5. The molecule has 6 heteroatoms. The van der Waals surface area contributed by atoms with Gasteiger partial charge in [-0.2, -0.15) is 0 Å². The third-order valence-electron chi connectivity index (χ3n) is 2.39. The number of hydrogen-bond acceptors (Lipinski definition) is 4. The van der Waals surface area contributed by atoms with Gasteiger partial charge >= 0.3 is 5.97 Å². The number of methoxy groups -OCH3 is 1. The Morgan fingerprint density at radius 1 is 1.50 bits per heavy atom. The number of halogens is 1. The molecule has 1 heterocycles. The molecular weight excluding hydrogens is 241 g/mol. The molecule has 0 amide bonds. The lowest BCUT2D eigenvalue weighted by Gasteiger charge is -2.04. The van der Waals surface area contributed by atoms with Crippen molar-refractivity contribution < 1.29 is 23.4 Å². The number of carbonyl (C=O) groups is 1. The zero-order chi connectivity index (χ0) is 13.3. The summed E-state index contributed by atoms with van der Waals surface area (Å²) in [6.07, 6.45) is 0. The number of benzene rings is 1. The third-order valence-corrected chi connectivity index (χ3v) is 2.39. The van der Waals surface area contributed by atoms with Crippen LogP contribution in [0.5, 0.6) is 5.75 Å². The normalized spacial score (nSPS) is 10.4. The molecule has 0 saturated carbocycles. The quantitative estimate of drug-likeness (QED) is 0.907. The Labute approximate surface area is 102 Å². The van der Waals surface area contributed by atoms with Crippen molar-refractivity contribution >= 4 is 5.97 Å². The van der Waals surface area contributed by atoms with Crippen molar-refractivity contribution in [3.8, 4) is 17.2 Å². The van der Waals surface area contributed by atoms with Gasteiger partial charge in [0, 0.05) is 0 Å². The van der Waals surface area contributed by atoms with E-state index in [4.69, 9.17) is 14.3 Å². The number of nitrogens with zero attached hydrogens (tertiary/aromatic N) is 1. The number of ether oxygens (including phenoxy) is 1. The van der Waals surface area contributed by atoms with Crippen LogP contribution in [0.4, 0.5) is 4.39 Å². The standard InChI is InChI=1S/C12H10FNO4/c1-6-10(12(15)16)14-11(18-6)8-5-7(13)3-4-9(8)17-2/h3-5H,1-2H3,(H,15,16). The zero-order valence-corrected chi connectivity index (χ0v) is 9.73. The summed E-state index contributed by atoms with van der Waals surface area (Å²) in [5, 5.41) is 8.88. The van der Waals surface area contributed by atoms with Crippen LogP contribution >= 0.6 is 0 Å². The van der Waals surface area contributed by atoms with E-state index in [0.717, 1.165) is 0 Å². The van der Waals surface area contributed by atoms with E-state index in [9.17, 15) is 9.18 Å². The van der Waals surface area contributed by atoms with Gasteiger partial charge in [0.25, 0.3) is 0 Å². The summed E-state index contributed by atoms with van der Waals surface area (Å²) in [6.45, 7) is 1.48. The van der Waals surface area contributed by atoms with Gasteiger partial charge in [-0.05, 0) is 25.1 Å². The van der Waals surface area contributed by atoms with Crippen LogP contribution < -0.4 is 4.74 Å². The maximum absolute atomic E-state index is 13.2. The highest BCUT2D eigenvalue weighted by atomic mass is 19.1. The molecule has 0 aliphatic carbocycles. The number of aryl methyl sites for hydroxylation is 1. The number of carboxylic acids is 1. The average molecular weight is 251 g/mol. The first-order valence-electron chi connectivity index (χ1n) is 5.07. The molecule has 0 aliphatic heterocycles. The topological polar surface area (TPSA) is 72.6 Å². The second kappa shape index (κ2) is 4.48. The Morgan fingerprint density at radius 3 is 2.78 bits per heavy atom. The van der Waals surface area contributed by atoms with Gasteiger partial charge in [-0.3, -0.25) is 0 Å². The molecule has 0 spiro atoms. The Morgan fingerprint density at radius 2 is 2.22 bits per heavy atom. The van der Waals surface area contributed by atoms with Crippen LogP contribution in [0.1, 0.15) is 16.2 Å². The predicted molar refractivity (Wildman–Crippen MR) is 60.1 cm³/mol. The second-order valence-electron chi connectivity index (χ2n) is 3.57. The van der Waals surface area contributed by atoms with Crippen LogP contribution in [0, 0.1) is 12.7 Å². The molecule has 0 fully saturated rings. The Balaban J connectivity index is 2.58. The molecule has 94 valence electrons. The monoisotopic (exact) mass is 251 g/mol. The van der Waals surface area contributed by atoms with Crippen molar-refractivity contribution in [1.29, 1.82) is 0 Å². The average Bonchev–Trinajstić information content (AvgIpc) is 2.71. The highest BCUT2D eigenvalue weighted by Gasteiger charge is 2.19. The van der Waals surface area contributed by atoms with Crippen LogP contribution in [0.3, 0.4) is 0 Å². The number of oxazole rings is 1. The molecule has 2 aromatic rings. The molecule has 18 heavy (non-hydrogen) atoms. The van der Waals surface area contributed by atoms with E-state index < -0.39 is 11.8 Å². The van der Waals surface area contributed by atoms with Crippen molar-refractivity contribution in [3.05, 3.63) is 35.5 Å². The van der Waals surface area contributed by atoms with Crippen molar-refractivity contribution in [1.82, 2.24) is 4.98 Å². The minimum absolute atomic E-state index is 0.0150. The Hall–Kier alpha value is -2.37. The summed E-state index contributed by atoms with van der Waals surface area (Å²) in [6, 6.07) is 3.83. The molecule has 0 bridgehead atoms. The largest absolute Gasteiger partial charge is 0.496 e. The zero-order valence-electron chi connectivity index (χ0n) is 9.73. The van der Waals surface area contributed by atoms with E-state index in [1.807, 2.05) is 0 Å².